The molecule has 0 radical (unpaired) electrons. The molecule has 100 heavy (non-hydrogen) atoms. The molecule has 0 bridgehead atoms. The summed E-state index contributed by atoms with van der Waals surface area (Å²) in [6, 6.07) is 43.3. The van der Waals surface area contributed by atoms with Gasteiger partial charge in [-0.2, -0.15) is 0 Å². The van der Waals surface area contributed by atoms with E-state index in [-0.39, 0.29) is 59.4 Å². The number of carbonyl (C=O) groups excluding carboxylic acids is 6. The van der Waals surface area contributed by atoms with Gasteiger partial charge < -0.3 is 52.3 Å². The minimum absolute atomic E-state index is 0.118. The topological polar surface area (TPSA) is 267 Å². The molecule has 4 saturated heterocycles. The van der Waals surface area contributed by atoms with Crippen molar-refractivity contribution in [2.45, 2.75) is 203 Å². The van der Waals surface area contributed by atoms with Crippen molar-refractivity contribution in [2.75, 3.05) is 27.2 Å². The third-order valence-corrected chi connectivity index (χ3v) is 21.0. The number of carbonyl (C=O) groups is 6. The zero-order chi connectivity index (χ0) is 69.7. The second-order valence-corrected chi connectivity index (χ2v) is 27.6. The number of amides is 6. The van der Waals surface area contributed by atoms with Crippen LogP contribution in [0.2, 0.25) is 0 Å². The van der Waals surface area contributed by atoms with E-state index in [0.29, 0.717) is 89.2 Å². The molecule has 0 saturated carbocycles. The maximum absolute atomic E-state index is 14.9. The lowest BCUT2D eigenvalue weighted by Crippen LogP contribution is -2.59. The fraction of sp³-hybridized carbons (Fsp3) is 0.487. The van der Waals surface area contributed by atoms with Crippen molar-refractivity contribution in [3.05, 3.63) is 203 Å². The molecular formula is C78H102N16O6. The molecule has 530 valence electrons. The molecule has 8 N–H and O–H groups in total. The van der Waals surface area contributed by atoms with Gasteiger partial charge in [0.15, 0.2) is 0 Å². The van der Waals surface area contributed by atoms with Gasteiger partial charge in [-0.25, -0.2) is 0 Å². The molecule has 4 fully saturated rings. The summed E-state index contributed by atoms with van der Waals surface area (Å²) in [6.45, 7) is 7.54. The molecule has 4 aliphatic heterocycles. The van der Waals surface area contributed by atoms with Gasteiger partial charge in [0.2, 0.25) is 35.4 Å². The van der Waals surface area contributed by atoms with Gasteiger partial charge in [0, 0.05) is 63.2 Å². The normalized spacial score (nSPS) is 21.8. The van der Waals surface area contributed by atoms with Crippen LogP contribution >= 0.6 is 0 Å². The molecule has 0 spiro atoms. The van der Waals surface area contributed by atoms with Crippen LogP contribution < -0.4 is 42.5 Å². The number of aryl methyl sites for hydroxylation is 4. The van der Waals surface area contributed by atoms with Crippen LogP contribution in [-0.4, -0.2) is 151 Å². The van der Waals surface area contributed by atoms with Crippen molar-refractivity contribution in [1.29, 1.82) is 0 Å². The quantitative estimate of drug-likeness (QED) is 0.0183. The molecule has 5 aromatic carbocycles. The lowest BCUT2D eigenvalue weighted by atomic mass is 9.92. The molecular weight excluding hydrogens is 1260 g/mol. The summed E-state index contributed by atoms with van der Waals surface area (Å²) in [5, 5.41) is 44.5. The number of hydrogen-bond donors (Lipinski definition) is 8. The van der Waals surface area contributed by atoms with E-state index in [0.717, 1.165) is 86.5 Å². The standard InChI is InChI=1S/C78H102N16O6/c1-5-63(79-3)73(95)85-71-59(49-81-47-55-25-11-7-12-26-55)37-39-61-41-43-67(93(61)77(71)99)75(97)83-69(57-29-15-9-16-30-57)65-51-91(89-87-65)45-21-19-23-53-33-35-54(36-34-53)24-20-22-46-92-52-66(88-90-92)70(58-31-17-10-18-32-58)84-76(98)68-44-42-62-40-38-60(50-82-48-56-27-13-8-14-28-56)72(78(100)94(62)68)86-74(96)64(6-2)80-4/h7-18,25-36,51-52,59-64,67-72,79-82H,5-6,19-24,37-50H2,1-4H3,(H,83,97)(H,84,98)(H,85,95)(H,86,96)/t59-,60-,61?,62?,63+,64+,67+,68+,69+,70+,71+,72+/m1/s1. The summed E-state index contributed by atoms with van der Waals surface area (Å²) in [5.74, 6) is -1.70. The fourth-order valence-electron chi connectivity index (χ4n) is 15.3. The number of hydrogen-bond acceptors (Lipinski definition) is 14. The van der Waals surface area contributed by atoms with E-state index in [1.165, 1.54) is 11.1 Å². The Hall–Kier alpha value is -8.96. The van der Waals surface area contributed by atoms with Crippen molar-refractivity contribution in [3.8, 4) is 0 Å². The Morgan fingerprint density at radius 2 is 0.830 bits per heavy atom. The SMILES string of the molecule is CC[C@H](NC)C(=O)N[C@@H]1C(=O)N2C(CC[C@@H]1CNCc1ccccc1)CC[C@H]2C(=O)N[C@@H](c1ccccc1)c1cn(CCCCc2ccc(CCCCn3cc([C@@H](NC(=O)[C@@H]4CCC5CC[C@H](CNCc6ccccc6)[C@H](NC(=O)[C@H](CC)NC)C(=O)N54)c4ccccc4)nn3)cc2)nn1. The summed E-state index contributed by atoms with van der Waals surface area (Å²) >= 11 is 0. The van der Waals surface area contributed by atoms with Crippen LogP contribution in [0.25, 0.3) is 0 Å². The van der Waals surface area contributed by atoms with E-state index in [1.807, 2.05) is 133 Å². The highest BCUT2D eigenvalue weighted by Crippen LogP contribution is 2.37. The van der Waals surface area contributed by atoms with Gasteiger partial charge in [-0.15, -0.1) is 10.2 Å². The number of nitrogens with one attached hydrogen (secondary N) is 8. The highest BCUT2D eigenvalue weighted by atomic mass is 16.2. The van der Waals surface area contributed by atoms with E-state index in [9.17, 15) is 28.8 Å². The highest BCUT2D eigenvalue weighted by Gasteiger charge is 2.50. The van der Waals surface area contributed by atoms with Crippen molar-refractivity contribution in [2.24, 2.45) is 11.8 Å². The van der Waals surface area contributed by atoms with Crippen LogP contribution in [0.4, 0.5) is 0 Å². The van der Waals surface area contributed by atoms with Crippen LogP contribution in [0.5, 0.6) is 0 Å². The first-order valence-corrected chi connectivity index (χ1v) is 36.6. The van der Waals surface area contributed by atoms with Gasteiger partial charge in [0.05, 0.1) is 36.6 Å². The van der Waals surface area contributed by atoms with Crippen molar-refractivity contribution >= 4 is 35.4 Å². The third kappa shape index (κ3) is 18.5. The van der Waals surface area contributed by atoms with E-state index in [4.69, 9.17) is 0 Å². The number of fused-ring (bicyclic) bond motifs is 2. The molecule has 7 aromatic rings. The number of aromatic nitrogens is 6. The predicted octanol–water partition coefficient (Wildman–Crippen LogP) is 7.41. The molecule has 6 heterocycles. The molecule has 22 heteroatoms. The van der Waals surface area contributed by atoms with Gasteiger partial charge in [0.25, 0.3) is 0 Å². The highest BCUT2D eigenvalue weighted by molar-refractivity contribution is 5.95. The van der Waals surface area contributed by atoms with Crippen LogP contribution in [0.1, 0.15) is 161 Å². The second kappa shape index (κ2) is 35.9. The average molecular weight is 1360 g/mol. The minimum atomic E-state index is -0.793. The van der Waals surface area contributed by atoms with Crippen molar-refractivity contribution < 1.29 is 28.8 Å². The molecule has 11 rings (SSSR count). The van der Waals surface area contributed by atoms with Crippen molar-refractivity contribution in [1.82, 2.24) is 82.3 Å². The molecule has 12 atom stereocenters. The Morgan fingerprint density at radius 1 is 0.460 bits per heavy atom. The van der Waals surface area contributed by atoms with E-state index >= 15 is 0 Å². The molecule has 22 nitrogen and oxygen atoms in total. The number of likely N-dealkylation sites (N-methyl/N-ethyl adjacent to an activating group) is 2. The first kappa shape index (κ1) is 72.3. The number of benzene rings is 5. The maximum Gasteiger partial charge on any atom is 0.246 e. The number of nitrogens with zero attached hydrogens (tertiary/aromatic N) is 8. The Kier molecular flexibility index (Phi) is 25.9. The average Bonchev–Trinajstić information content (AvgIpc) is 1.63. The summed E-state index contributed by atoms with van der Waals surface area (Å²) in [6.07, 6.45) is 15.8. The predicted molar refractivity (Wildman–Crippen MR) is 384 cm³/mol. The molecule has 6 amide bonds. The summed E-state index contributed by atoms with van der Waals surface area (Å²) in [7, 11) is 3.50. The van der Waals surface area contributed by atoms with E-state index in [1.54, 1.807) is 23.9 Å². The van der Waals surface area contributed by atoms with E-state index < -0.39 is 48.3 Å². The second-order valence-electron chi connectivity index (χ2n) is 27.6. The molecule has 2 aromatic heterocycles. The zero-order valence-corrected chi connectivity index (χ0v) is 58.5. The summed E-state index contributed by atoms with van der Waals surface area (Å²) < 4.78 is 3.69. The summed E-state index contributed by atoms with van der Waals surface area (Å²) in [4.78, 5) is 90.0. The van der Waals surface area contributed by atoms with E-state index in [2.05, 4.69) is 112 Å². The number of rotatable bonds is 34. The first-order chi connectivity index (χ1) is 48.9. The van der Waals surface area contributed by atoms with Crippen LogP contribution in [-0.2, 0) is 67.8 Å². The van der Waals surface area contributed by atoms with Crippen LogP contribution in [0.15, 0.2) is 158 Å². The Balaban J connectivity index is 0.649. The van der Waals surface area contributed by atoms with Crippen molar-refractivity contribution in [3.63, 3.8) is 0 Å². The van der Waals surface area contributed by atoms with Crippen LogP contribution in [0, 0.1) is 11.8 Å². The Labute approximate surface area is 588 Å². The summed E-state index contributed by atoms with van der Waals surface area (Å²) in [5.41, 5.74) is 7.74. The van der Waals surface area contributed by atoms with Crippen LogP contribution in [0.3, 0.4) is 0 Å². The van der Waals surface area contributed by atoms with Gasteiger partial charge in [0.1, 0.15) is 35.6 Å². The molecule has 2 unspecified atom stereocenters. The lowest BCUT2D eigenvalue weighted by Gasteiger charge is -2.33. The fourth-order valence-corrected chi connectivity index (χ4v) is 15.3. The monoisotopic (exact) mass is 1360 g/mol. The minimum Gasteiger partial charge on any atom is -0.343 e. The smallest absolute Gasteiger partial charge is 0.246 e. The molecule has 4 aliphatic rings. The first-order valence-electron chi connectivity index (χ1n) is 36.6. The zero-order valence-electron chi connectivity index (χ0n) is 58.5. The largest absolute Gasteiger partial charge is 0.343 e. The van der Waals surface area contributed by atoms with Gasteiger partial charge in [-0.05, 0) is 150 Å². The van der Waals surface area contributed by atoms with Gasteiger partial charge >= 0.3 is 0 Å². The number of unbranched alkanes of at least 4 members (excludes halogenated alkanes) is 2. The Bertz CT molecular complexity index is 3500. The maximum atomic E-state index is 14.9. The Morgan fingerprint density at radius 3 is 1.20 bits per heavy atom. The van der Waals surface area contributed by atoms with Gasteiger partial charge in [-0.1, -0.05) is 170 Å². The van der Waals surface area contributed by atoms with Gasteiger partial charge in [-0.3, -0.25) is 38.1 Å². The lowest BCUT2D eigenvalue weighted by molar-refractivity contribution is -0.143. The third-order valence-electron chi connectivity index (χ3n) is 21.0. The molecule has 0 aliphatic carbocycles.